The summed E-state index contributed by atoms with van der Waals surface area (Å²) in [6.45, 7) is 6.77. The Balaban J connectivity index is 1.71. The Morgan fingerprint density at radius 1 is 1.11 bits per heavy atom. The van der Waals surface area contributed by atoms with Crippen molar-refractivity contribution in [2.45, 2.75) is 27.3 Å². The van der Waals surface area contributed by atoms with E-state index in [1.54, 1.807) is 18.3 Å². The standard InChI is InChI=1S/C21H22N4O2/c1-14-4-6-17(7-5-14)13-25-16(3)20(15(2)24-25)12-22-23-19-10-8-18(9-11-19)21(26)27/h4-12,23H,13H2,1-3H3,(H,26,27). The molecule has 0 atom stereocenters. The van der Waals surface area contributed by atoms with Crippen molar-refractivity contribution in [2.24, 2.45) is 5.10 Å². The third kappa shape index (κ3) is 4.41. The second-order valence-corrected chi connectivity index (χ2v) is 6.48. The van der Waals surface area contributed by atoms with Crippen LogP contribution in [0.5, 0.6) is 0 Å². The maximum Gasteiger partial charge on any atom is 0.335 e. The Morgan fingerprint density at radius 2 is 1.78 bits per heavy atom. The Hall–Kier alpha value is -3.41. The predicted octanol–water partition coefficient (Wildman–Crippen LogP) is 4.00. The van der Waals surface area contributed by atoms with E-state index in [4.69, 9.17) is 5.11 Å². The molecule has 2 N–H and O–H groups in total. The van der Waals surface area contributed by atoms with Gasteiger partial charge in [0.25, 0.3) is 0 Å². The number of anilines is 1. The van der Waals surface area contributed by atoms with Gasteiger partial charge in [-0.2, -0.15) is 10.2 Å². The van der Waals surface area contributed by atoms with Crippen LogP contribution in [0.15, 0.2) is 53.6 Å². The van der Waals surface area contributed by atoms with E-state index in [1.807, 2.05) is 18.5 Å². The van der Waals surface area contributed by atoms with Crippen molar-refractivity contribution < 1.29 is 9.90 Å². The van der Waals surface area contributed by atoms with Crippen LogP contribution < -0.4 is 5.43 Å². The number of nitrogens with one attached hydrogen (secondary N) is 1. The highest BCUT2D eigenvalue weighted by Gasteiger charge is 2.10. The number of hydrogen-bond acceptors (Lipinski definition) is 4. The number of aryl methyl sites for hydroxylation is 2. The van der Waals surface area contributed by atoms with Gasteiger partial charge in [-0.15, -0.1) is 0 Å². The first-order valence-corrected chi connectivity index (χ1v) is 8.66. The van der Waals surface area contributed by atoms with E-state index in [2.05, 4.69) is 46.8 Å². The van der Waals surface area contributed by atoms with Crippen molar-refractivity contribution in [1.29, 1.82) is 0 Å². The first kappa shape index (κ1) is 18.4. The number of carbonyl (C=O) groups is 1. The fraction of sp³-hybridized carbons (Fsp3) is 0.190. The van der Waals surface area contributed by atoms with E-state index in [9.17, 15) is 4.79 Å². The molecule has 0 amide bonds. The Kier molecular flexibility index (Phi) is 5.35. The molecule has 0 radical (unpaired) electrons. The average Bonchev–Trinajstić information content (AvgIpc) is 2.91. The summed E-state index contributed by atoms with van der Waals surface area (Å²) in [5, 5.41) is 17.8. The molecule has 6 nitrogen and oxygen atoms in total. The molecule has 0 saturated carbocycles. The van der Waals surface area contributed by atoms with Crippen LogP contribution in [0.2, 0.25) is 0 Å². The molecule has 0 bridgehead atoms. The number of rotatable bonds is 6. The number of hydrazone groups is 1. The highest BCUT2D eigenvalue weighted by molar-refractivity contribution is 5.88. The molecule has 6 heteroatoms. The van der Waals surface area contributed by atoms with Gasteiger partial charge in [0.1, 0.15) is 0 Å². The van der Waals surface area contributed by atoms with Crippen molar-refractivity contribution >= 4 is 17.9 Å². The molecule has 2 aromatic carbocycles. The van der Waals surface area contributed by atoms with Crippen LogP contribution in [-0.4, -0.2) is 27.1 Å². The molecule has 0 fully saturated rings. The van der Waals surface area contributed by atoms with Crippen molar-refractivity contribution in [3.8, 4) is 0 Å². The van der Waals surface area contributed by atoms with E-state index in [0.29, 0.717) is 6.54 Å². The third-order valence-corrected chi connectivity index (χ3v) is 4.41. The number of benzene rings is 2. The molecule has 0 saturated heterocycles. The minimum absolute atomic E-state index is 0.244. The summed E-state index contributed by atoms with van der Waals surface area (Å²) in [6, 6.07) is 14.9. The Morgan fingerprint density at radius 3 is 2.41 bits per heavy atom. The summed E-state index contributed by atoms with van der Waals surface area (Å²) >= 11 is 0. The SMILES string of the molecule is Cc1ccc(Cn2nc(C)c(C=NNc3ccc(C(=O)O)cc3)c2C)cc1. The molecule has 3 rings (SSSR count). The number of nitrogens with zero attached hydrogens (tertiary/aromatic N) is 3. The highest BCUT2D eigenvalue weighted by atomic mass is 16.4. The first-order chi connectivity index (χ1) is 12.9. The molecule has 0 spiro atoms. The number of carboxylic acids is 1. The lowest BCUT2D eigenvalue weighted by molar-refractivity contribution is 0.0697. The lowest BCUT2D eigenvalue weighted by Gasteiger charge is -2.05. The molecule has 0 aliphatic carbocycles. The zero-order valence-electron chi connectivity index (χ0n) is 15.6. The van der Waals surface area contributed by atoms with Crippen LogP contribution >= 0.6 is 0 Å². The van der Waals surface area contributed by atoms with E-state index in [1.165, 1.54) is 23.3 Å². The molecule has 27 heavy (non-hydrogen) atoms. The van der Waals surface area contributed by atoms with Crippen molar-refractivity contribution in [3.63, 3.8) is 0 Å². The molecule has 0 aliphatic rings. The average molecular weight is 362 g/mol. The summed E-state index contributed by atoms with van der Waals surface area (Å²) < 4.78 is 1.98. The quantitative estimate of drug-likeness (QED) is 0.513. The summed E-state index contributed by atoms with van der Waals surface area (Å²) in [7, 11) is 0. The fourth-order valence-corrected chi connectivity index (χ4v) is 2.78. The number of hydrogen-bond donors (Lipinski definition) is 2. The number of aromatic nitrogens is 2. The van der Waals surface area contributed by atoms with Gasteiger partial charge in [0, 0.05) is 11.3 Å². The van der Waals surface area contributed by atoms with E-state index < -0.39 is 5.97 Å². The summed E-state index contributed by atoms with van der Waals surface area (Å²) in [5.74, 6) is -0.947. The molecule has 138 valence electrons. The monoisotopic (exact) mass is 362 g/mol. The van der Waals surface area contributed by atoms with Gasteiger partial charge in [-0.25, -0.2) is 4.79 Å². The maximum atomic E-state index is 10.9. The molecular weight excluding hydrogens is 340 g/mol. The minimum atomic E-state index is -0.947. The zero-order valence-corrected chi connectivity index (χ0v) is 15.6. The lowest BCUT2D eigenvalue weighted by Crippen LogP contribution is -2.04. The van der Waals surface area contributed by atoms with Gasteiger partial charge in [-0.1, -0.05) is 29.8 Å². The van der Waals surface area contributed by atoms with Crippen LogP contribution in [0, 0.1) is 20.8 Å². The highest BCUT2D eigenvalue weighted by Crippen LogP contribution is 2.14. The van der Waals surface area contributed by atoms with Crippen LogP contribution in [0.25, 0.3) is 0 Å². The first-order valence-electron chi connectivity index (χ1n) is 8.66. The van der Waals surface area contributed by atoms with Crippen LogP contribution in [-0.2, 0) is 6.54 Å². The van der Waals surface area contributed by atoms with Gasteiger partial charge in [0.05, 0.1) is 29.7 Å². The predicted molar refractivity (Wildman–Crippen MR) is 107 cm³/mol. The molecule has 0 unspecified atom stereocenters. The summed E-state index contributed by atoms with van der Waals surface area (Å²) in [4.78, 5) is 10.9. The number of aromatic carboxylic acids is 1. The third-order valence-electron chi connectivity index (χ3n) is 4.41. The van der Waals surface area contributed by atoms with Crippen LogP contribution in [0.3, 0.4) is 0 Å². The summed E-state index contributed by atoms with van der Waals surface area (Å²) in [5.41, 5.74) is 9.24. The van der Waals surface area contributed by atoms with Gasteiger partial charge >= 0.3 is 5.97 Å². The molecular formula is C21H22N4O2. The molecule has 1 heterocycles. The molecule has 0 aliphatic heterocycles. The second kappa shape index (κ2) is 7.86. The minimum Gasteiger partial charge on any atom is -0.478 e. The van der Waals surface area contributed by atoms with Crippen LogP contribution in [0.4, 0.5) is 5.69 Å². The van der Waals surface area contributed by atoms with Crippen molar-refractivity contribution in [2.75, 3.05) is 5.43 Å². The summed E-state index contributed by atoms with van der Waals surface area (Å²) in [6.07, 6.45) is 1.74. The normalized spacial score (nSPS) is 11.1. The molecule has 1 aromatic heterocycles. The van der Waals surface area contributed by atoms with Gasteiger partial charge in [0.15, 0.2) is 0 Å². The van der Waals surface area contributed by atoms with E-state index >= 15 is 0 Å². The van der Waals surface area contributed by atoms with Gasteiger partial charge in [0.2, 0.25) is 0 Å². The molecule has 3 aromatic rings. The van der Waals surface area contributed by atoms with E-state index in [0.717, 1.165) is 22.6 Å². The Bertz CT molecular complexity index is 971. The van der Waals surface area contributed by atoms with Gasteiger partial charge < -0.3 is 5.11 Å². The van der Waals surface area contributed by atoms with Crippen molar-refractivity contribution in [3.05, 3.63) is 82.2 Å². The smallest absolute Gasteiger partial charge is 0.335 e. The lowest BCUT2D eigenvalue weighted by atomic mass is 10.1. The topological polar surface area (TPSA) is 79.5 Å². The van der Waals surface area contributed by atoms with Gasteiger partial charge in [-0.3, -0.25) is 10.1 Å². The second-order valence-electron chi connectivity index (χ2n) is 6.48. The number of carboxylic acid groups (broad SMARTS) is 1. The van der Waals surface area contributed by atoms with E-state index in [-0.39, 0.29) is 5.56 Å². The fourth-order valence-electron chi connectivity index (χ4n) is 2.78. The van der Waals surface area contributed by atoms with Gasteiger partial charge in [-0.05, 0) is 50.6 Å². The van der Waals surface area contributed by atoms with Crippen molar-refractivity contribution in [1.82, 2.24) is 9.78 Å². The Labute approximate surface area is 158 Å². The zero-order chi connectivity index (χ0) is 19.4. The van der Waals surface area contributed by atoms with Crippen LogP contribution in [0.1, 0.15) is 38.4 Å². The maximum absolute atomic E-state index is 10.9. The largest absolute Gasteiger partial charge is 0.478 e.